The molecule has 1 fully saturated rings. The molecule has 11 heteroatoms. The van der Waals surface area contributed by atoms with Gasteiger partial charge in [0.15, 0.2) is 5.78 Å². The van der Waals surface area contributed by atoms with Crippen LogP contribution in [0.5, 0.6) is 0 Å². The highest BCUT2D eigenvalue weighted by Crippen LogP contribution is 2.18. The summed E-state index contributed by atoms with van der Waals surface area (Å²) < 4.78 is 43.9. The molecule has 1 saturated heterocycles. The topological polar surface area (TPSA) is 106 Å². The molecule has 0 atom stereocenters. The normalized spacial score (nSPS) is 13.0. The smallest absolute Gasteiger partial charge is 0.306 e. The number of amides is 2. The van der Waals surface area contributed by atoms with Gasteiger partial charge in [0.1, 0.15) is 17.5 Å². The zero-order valence-electron chi connectivity index (χ0n) is 20.0. The molecular formula is C27H22F3N3O5. The van der Waals surface area contributed by atoms with Crippen molar-refractivity contribution in [2.75, 3.05) is 6.54 Å². The summed E-state index contributed by atoms with van der Waals surface area (Å²) in [7, 11) is 0. The molecule has 0 bridgehead atoms. The summed E-state index contributed by atoms with van der Waals surface area (Å²) in [4.78, 5) is 62.4. The number of aromatic nitrogens is 1. The van der Waals surface area contributed by atoms with Crippen molar-refractivity contribution in [3.63, 3.8) is 0 Å². The van der Waals surface area contributed by atoms with E-state index in [4.69, 9.17) is 0 Å². The van der Waals surface area contributed by atoms with Crippen LogP contribution in [0.1, 0.15) is 46.3 Å². The van der Waals surface area contributed by atoms with Crippen LogP contribution < -0.4 is 11.0 Å². The Morgan fingerprint density at radius 1 is 0.921 bits per heavy atom. The molecule has 1 aliphatic heterocycles. The lowest BCUT2D eigenvalue weighted by Crippen LogP contribution is -2.46. The van der Waals surface area contributed by atoms with Gasteiger partial charge in [-0.15, -0.1) is 0 Å². The Morgan fingerprint density at radius 2 is 1.61 bits per heavy atom. The molecule has 0 spiro atoms. The van der Waals surface area contributed by atoms with Gasteiger partial charge in [-0.25, -0.2) is 13.2 Å². The molecule has 196 valence electrons. The Morgan fingerprint density at radius 3 is 2.26 bits per heavy atom. The SMILES string of the molecule is O=C(CC(=O)c1cc(Cc2c(F)cccc2F)cn(Cc2ccccc2F)c1=O)C(=O)NN1CCCC1=O. The Balaban J connectivity index is 1.65. The highest BCUT2D eigenvalue weighted by Gasteiger charge is 2.27. The van der Waals surface area contributed by atoms with Gasteiger partial charge in [-0.05, 0) is 36.2 Å². The van der Waals surface area contributed by atoms with Crippen molar-refractivity contribution in [1.82, 2.24) is 15.0 Å². The molecule has 2 amide bonds. The fourth-order valence-electron chi connectivity index (χ4n) is 4.10. The van der Waals surface area contributed by atoms with E-state index in [9.17, 15) is 37.1 Å². The second-order valence-corrected chi connectivity index (χ2v) is 8.78. The van der Waals surface area contributed by atoms with Crippen molar-refractivity contribution in [2.45, 2.75) is 32.2 Å². The standard InChI is InChI=1S/C27H22F3N3O5/c28-20-6-2-1-5-17(20)15-32-14-16(11-18-21(29)7-3-8-22(18)30)12-19(27(32)38)23(34)13-24(35)26(37)31-33-10-4-9-25(33)36/h1-3,5-8,12,14H,4,9-11,13,15H2,(H,31,37). The first kappa shape index (κ1) is 26.5. The van der Waals surface area contributed by atoms with Crippen molar-refractivity contribution in [3.05, 3.63) is 105 Å². The van der Waals surface area contributed by atoms with Gasteiger partial charge < -0.3 is 4.57 Å². The van der Waals surface area contributed by atoms with Crippen molar-refractivity contribution >= 4 is 23.4 Å². The zero-order chi connectivity index (χ0) is 27.4. The van der Waals surface area contributed by atoms with Crippen molar-refractivity contribution in [3.8, 4) is 0 Å². The summed E-state index contributed by atoms with van der Waals surface area (Å²) >= 11 is 0. The number of benzene rings is 2. The summed E-state index contributed by atoms with van der Waals surface area (Å²) in [6, 6.07) is 10.0. The maximum Gasteiger partial charge on any atom is 0.306 e. The van der Waals surface area contributed by atoms with Gasteiger partial charge in [-0.1, -0.05) is 24.3 Å². The number of carbonyl (C=O) groups excluding carboxylic acids is 4. The first-order valence-electron chi connectivity index (χ1n) is 11.7. The fraction of sp³-hybridized carbons (Fsp3) is 0.222. The van der Waals surface area contributed by atoms with Crippen LogP contribution in [0.15, 0.2) is 59.5 Å². The molecule has 0 radical (unpaired) electrons. The summed E-state index contributed by atoms with van der Waals surface area (Å²) in [5.41, 5.74) is 0.712. The lowest BCUT2D eigenvalue weighted by atomic mass is 10.0. The van der Waals surface area contributed by atoms with Gasteiger partial charge >= 0.3 is 5.91 Å². The third-order valence-corrected chi connectivity index (χ3v) is 6.07. The van der Waals surface area contributed by atoms with Crippen LogP contribution in [0.4, 0.5) is 13.2 Å². The molecule has 1 aromatic heterocycles. The molecule has 2 heterocycles. The molecule has 2 aromatic carbocycles. The predicted molar refractivity (Wildman–Crippen MR) is 128 cm³/mol. The summed E-state index contributed by atoms with van der Waals surface area (Å²) in [5, 5.41) is 0.982. The van der Waals surface area contributed by atoms with Crippen LogP contribution in [0.25, 0.3) is 0 Å². The fourth-order valence-corrected chi connectivity index (χ4v) is 4.10. The Kier molecular flexibility index (Phi) is 7.85. The third kappa shape index (κ3) is 5.88. The summed E-state index contributed by atoms with van der Waals surface area (Å²) in [5.74, 6) is -6.05. The number of hydrazine groups is 1. The average Bonchev–Trinajstić information content (AvgIpc) is 3.28. The number of hydrogen-bond donors (Lipinski definition) is 1. The molecule has 0 aliphatic carbocycles. The van der Waals surface area contributed by atoms with Crippen LogP contribution >= 0.6 is 0 Å². The van der Waals surface area contributed by atoms with E-state index in [1.54, 1.807) is 6.07 Å². The minimum absolute atomic E-state index is 0.118. The second-order valence-electron chi connectivity index (χ2n) is 8.78. The van der Waals surface area contributed by atoms with Crippen LogP contribution in [0, 0.1) is 17.5 Å². The van der Waals surface area contributed by atoms with E-state index in [1.165, 1.54) is 30.5 Å². The van der Waals surface area contributed by atoms with Crippen LogP contribution in [0.2, 0.25) is 0 Å². The number of hydrogen-bond acceptors (Lipinski definition) is 5. The quantitative estimate of drug-likeness (QED) is 0.263. The van der Waals surface area contributed by atoms with E-state index in [-0.39, 0.29) is 48.5 Å². The molecule has 1 aliphatic rings. The minimum Gasteiger partial charge on any atom is -0.310 e. The second kappa shape index (κ2) is 11.2. The molecule has 4 rings (SSSR count). The minimum atomic E-state index is -1.19. The summed E-state index contributed by atoms with van der Waals surface area (Å²) in [6.07, 6.45) is 0.640. The van der Waals surface area contributed by atoms with Crippen molar-refractivity contribution < 1.29 is 32.3 Å². The number of Topliss-reactive ketones (excluding diaryl/α,β-unsaturated/α-hetero) is 2. The van der Waals surface area contributed by atoms with Crippen molar-refractivity contribution in [2.24, 2.45) is 0 Å². The maximum absolute atomic E-state index is 14.3. The lowest BCUT2D eigenvalue weighted by molar-refractivity contribution is -0.144. The number of ketones is 2. The Labute approximate surface area is 214 Å². The first-order valence-corrected chi connectivity index (χ1v) is 11.7. The largest absolute Gasteiger partial charge is 0.310 e. The van der Waals surface area contributed by atoms with Gasteiger partial charge in [0, 0.05) is 36.7 Å². The van der Waals surface area contributed by atoms with E-state index >= 15 is 0 Å². The zero-order valence-corrected chi connectivity index (χ0v) is 20.0. The molecule has 0 unspecified atom stereocenters. The number of nitrogens with one attached hydrogen (secondary N) is 1. The maximum atomic E-state index is 14.3. The first-order chi connectivity index (χ1) is 18.1. The van der Waals surface area contributed by atoms with Crippen LogP contribution in [-0.4, -0.2) is 39.5 Å². The monoisotopic (exact) mass is 525 g/mol. The van der Waals surface area contributed by atoms with E-state index in [2.05, 4.69) is 5.43 Å². The number of nitrogens with zero attached hydrogens (tertiary/aromatic N) is 2. The van der Waals surface area contributed by atoms with Gasteiger partial charge in [-0.2, -0.15) is 0 Å². The van der Waals surface area contributed by atoms with E-state index in [0.29, 0.717) is 6.42 Å². The predicted octanol–water partition coefficient (Wildman–Crippen LogP) is 2.70. The van der Waals surface area contributed by atoms with E-state index in [1.807, 2.05) is 0 Å². The highest BCUT2D eigenvalue weighted by atomic mass is 19.1. The number of carbonyl (C=O) groups is 4. The molecular weight excluding hydrogens is 503 g/mol. The Bertz CT molecular complexity index is 1480. The molecule has 3 aromatic rings. The van der Waals surface area contributed by atoms with Gasteiger partial charge in [0.2, 0.25) is 11.7 Å². The molecule has 0 saturated carbocycles. The van der Waals surface area contributed by atoms with Crippen molar-refractivity contribution in [1.29, 1.82) is 0 Å². The van der Waals surface area contributed by atoms with E-state index < -0.39 is 52.5 Å². The third-order valence-electron chi connectivity index (χ3n) is 6.07. The van der Waals surface area contributed by atoms with Gasteiger partial charge in [-0.3, -0.25) is 34.4 Å². The molecule has 38 heavy (non-hydrogen) atoms. The van der Waals surface area contributed by atoms with Crippen LogP contribution in [-0.2, 0) is 27.3 Å². The van der Waals surface area contributed by atoms with Gasteiger partial charge in [0.05, 0.1) is 18.5 Å². The van der Waals surface area contributed by atoms with Crippen LogP contribution in [0.3, 0.4) is 0 Å². The molecule has 8 nitrogen and oxygen atoms in total. The number of rotatable bonds is 9. The number of halogens is 3. The van der Waals surface area contributed by atoms with Gasteiger partial charge in [0.25, 0.3) is 5.56 Å². The average molecular weight is 525 g/mol. The Hall–Kier alpha value is -4.54. The number of pyridine rings is 1. The molecule has 1 N–H and O–H groups in total. The van der Waals surface area contributed by atoms with E-state index in [0.717, 1.165) is 27.8 Å². The lowest BCUT2D eigenvalue weighted by Gasteiger charge is -2.16. The summed E-state index contributed by atoms with van der Waals surface area (Å²) in [6.45, 7) is -0.0773. The highest BCUT2D eigenvalue weighted by molar-refractivity contribution is 6.40.